The van der Waals surface area contributed by atoms with Crippen molar-refractivity contribution in [1.82, 2.24) is 0 Å². The molecule has 4 heterocycles. The highest BCUT2D eigenvalue weighted by Crippen LogP contribution is 2.51. The van der Waals surface area contributed by atoms with Crippen LogP contribution >= 0.6 is 22.7 Å². The molecule has 3 aromatic carbocycles. The molecule has 0 N–H and O–H groups in total. The first kappa shape index (κ1) is 25.9. The molecule has 0 aliphatic rings. The van der Waals surface area contributed by atoms with Crippen LogP contribution in [0.4, 0.5) is 0 Å². The number of hydrogen-bond donors (Lipinski definition) is 0. The fraction of sp³-hybridized carbons (Fsp3) is 0.333. The van der Waals surface area contributed by atoms with Gasteiger partial charge in [-0.25, -0.2) is 0 Å². The summed E-state index contributed by atoms with van der Waals surface area (Å²) in [5.74, 6) is 2.05. The number of benzene rings is 3. The van der Waals surface area contributed by atoms with Gasteiger partial charge in [-0.15, -0.1) is 22.7 Å². The number of unbranched alkanes of at least 4 members (excludes halogenated alkanes) is 6. The van der Waals surface area contributed by atoms with Gasteiger partial charge in [0, 0.05) is 21.5 Å². The molecule has 0 fully saturated rings. The fourth-order valence-corrected chi connectivity index (χ4v) is 8.38. The van der Waals surface area contributed by atoms with Crippen LogP contribution in [0.5, 0.6) is 0 Å². The van der Waals surface area contributed by atoms with Crippen LogP contribution in [0.25, 0.3) is 64.8 Å². The van der Waals surface area contributed by atoms with Gasteiger partial charge in [0.05, 0.1) is 9.75 Å². The molecule has 7 aromatic rings. The van der Waals surface area contributed by atoms with E-state index in [1.807, 2.05) is 22.7 Å². The second-order valence-electron chi connectivity index (χ2n) is 11.1. The zero-order valence-corrected chi connectivity index (χ0v) is 25.1. The van der Waals surface area contributed by atoms with Gasteiger partial charge in [0.1, 0.15) is 11.2 Å². The maximum absolute atomic E-state index is 6.77. The van der Waals surface area contributed by atoms with Crippen LogP contribution in [0.1, 0.15) is 76.3 Å². The molecule has 4 heteroatoms. The van der Waals surface area contributed by atoms with E-state index in [1.165, 1.54) is 105 Å². The van der Waals surface area contributed by atoms with E-state index >= 15 is 0 Å². The highest BCUT2D eigenvalue weighted by molar-refractivity contribution is 7.14. The van der Waals surface area contributed by atoms with Crippen molar-refractivity contribution in [1.29, 1.82) is 0 Å². The summed E-state index contributed by atoms with van der Waals surface area (Å²) in [6, 6.07) is 17.7. The molecule has 0 amide bonds. The van der Waals surface area contributed by atoms with Crippen molar-refractivity contribution < 1.29 is 8.83 Å². The summed E-state index contributed by atoms with van der Waals surface area (Å²) in [5.41, 5.74) is 4.76. The second kappa shape index (κ2) is 11.1. The molecule has 0 bridgehead atoms. The Labute approximate surface area is 243 Å². The standard InChI is InChI=1S/C36H36O2S2/c1-3-5-7-9-13-23-19-21-39-35(23)33-31-25-15-11-18-28-30(25)32(26-16-12-17-27(37-33)29(26)31)34(38-28)36-24(20-22-40-36)14-10-8-6-4-2/h11-12,15-22H,3-10,13-14H2,1-2H3. The topological polar surface area (TPSA) is 26.3 Å². The van der Waals surface area contributed by atoms with E-state index < -0.39 is 0 Å². The van der Waals surface area contributed by atoms with E-state index in [0.29, 0.717) is 0 Å². The Bertz CT molecular complexity index is 1750. The lowest BCUT2D eigenvalue weighted by Crippen LogP contribution is -1.87. The molecule has 2 nitrogen and oxygen atoms in total. The van der Waals surface area contributed by atoms with Crippen molar-refractivity contribution in [2.75, 3.05) is 0 Å². The minimum atomic E-state index is 0.966. The lowest BCUT2D eigenvalue weighted by atomic mass is 9.93. The van der Waals surface area contributed by atoms with Crippen molar-refractivity contribution in [2.24, 2.45) is 0 Å². The molecule has 0 radical (unpaired) electrons. The molecule has 0 aliphatic heterocycles. The van der Waals surface area contributed by atoms with Crippen molar-refractivity contribution in [3.8, 4) is 21.3 Å². The highest BCUT2D eigenvalue weighted by Gasteiger charge is 2.27. The Morgan fingerprint density at radius 3 is 1.45 bits per heavy atom. The number of fused-ring (bicyclic) bond motifs is 2. The third-order valence-electron chi connectivity index (χ3n) is 8.47. The summed E-state index contributed by atoms with van der Waals surface area (Å²) in [6.07, 6.45) is 12.4. The van der Waals surface area contributed by atoms with Crippen molar-refractivity contribution in [3.05, 3.63) is 70.4 Å². The van der Waals surface area contributed by atoms with Crippen molar-refractivity contribution in [3.63, 3.8) is 0 Å². The summed E-state index contributed by atoms with van der Waals surface area (Å²) in [7, 11) is 0. The normalized spacial score (nSPS) is 12.2. The van der Waals surface area contributed by atoms with Gasteiger partial charge in [-0.1, -0.05) is 76.6 Å². The van der Waals surface area contributed by atoms with Crippen molar-refractivity contribution in [2.45, 2.75) is 78.1 Å². The van der Waals surface area contributed by atoms with Crippen LogP contribution in [-0.2, 0) is 12.8 Å². The van der Waals surface area contributed by atoms with E-state index in [0.717, 1.165) is 35.5 Å². The second-order valence-corrected chi connectivity index (χ2v) is 13.0. The van der Waals surface area contributed by atoms with Gasteiger partial charge in [0.2, 0.25) is 0 Å². The third kappa shape index (κ3) is 4.28. The van der Waals surface area contributed by atoms with Gasteiger partial charge in [0.15, 0.2) is 11.5 Å². The molecule has 0 saturated heterocycles. The lowest BCUT2D eigenvalue weighted by Gasteiger charge is -2.07. The molecule has 7 rings (SSSR count). The van der Waals surface area contributed by atoms with Crippen LogP contribution in [-0.4, -0.2) is 0 Å². The zero-order valence-electron chi connectivity index (χ0n) is 23.5. The monoisotopic (exact) mass is 564 g/mol. The Morgan fingerprint density at radius 2 is 1.00 bits per heavy atom. The Balaban J connectivity index is 1.43. The SMILES string of the molecule is CCCCCCc1ccsc1-c1oc2cccc3c4c(-c5sccc5CCCCCC)oc5cccc(c1c23)c54. The van der Waals surface area contributed by atoms with E-state index in [9.17, 15) is 0 Å². The first-order valence-corrected chi connectivity index (χ1v) is 16.8. The summed E-state index contributed by atoms with van der Waals surface area (Å²) >= 11 is 3.63. The van der Waals surface area contributed by atoms with Crippen LogP contribution in [0.2, 0.25) is 0 Å². The fourth-order valence-electron chi connectivity index (χ4n) is 6.50. The maximum Gasteiger partial charge on any atom is 0.153 e. The largest absolute Gasteiger partial charge is 0.455 e. The first-order valence-electron chi connectivity index (χ1n) is 15.0. The van der Waals surface area contributed by atoms with E-state index in [1.54, 1.807) is 0 Å². The van der Waals surface area contributed by atoms with E-state index in [-0.39, 0.29) is 0 Å². The van der Waals surface area contributed by atoms with E-state index in [2.05, 4.69) is 73.1 Å². The van der Waals surface area contributed by atoms with Gasteiger partial charge >= 0.3 is 0 Å². The number of thiophene rings is 2. The molecule has 0 aliphatic carbocycles. The van der Waals surface area contributed by atoms with Crippen LogP contribution in [0.3, 0.4) is 0 Å². The smallest absolute Gasteiger partial charge is 0.153 e. The Morgan fingerprint density at radius 1 is 0.525 bits per heavy atom. The van der Waals surface area contributed by atoms with Crippen LogP contribution < -0.4 is 0 Å². The molecule has 0 spiro atoms. The highest BCUT2D eigenvalue weighted by atomic mass is 32.1. The summed E-state index contributed by atoms with van der Waals surface area (Å²) in [6.45, 7) is 4.55. The number of aryl methyl sites for hydroxylation is 2. The van der Waals surface area contributed by atoms with Crippen LogP contribution in [0, 0.1) is 0 Å². The van der Waals surface area contributed by atoms with Gasteiger partial charge in [-0.2, -0.15) is 0 Å². The Kier molecular flexibility index (Phi) is 7.15. The Hall–Kier alpha value is -3.08. The minimum absolute atomic E-state index is 0.966. The molecule has 204 valence electrons. The summed E-state index contributed by atoms with van der Waals surface area (Å²) < 4.78 is 13.5. The number of rotatable bonds is 12. The minimum Gasteiger partial charge on any atom is -0.455 e. The van der Waals surface area contributed by atoms with Gasteiger partial charge in [-0.3, -0.25) is 0 Å². The van der Waals surface area contributed by atoms with Gasteiger partial charge in [-0.05, 0) is 82.6 Å². The average molecular weight is 565 g/mol. The van der Waals surface area contributed by atoms with Crippen molar-refractivity contribution >= 4 is 66.2 Å². The van der Waals surface area contributed by atoms with Crippen LogP contribution in [0.15, 0.2) is 68.1 Å². The zero-order chi connectivity index (χ0) is 27.1. The molecule has 0 saturated carbocycles. The summed E-state index contributed by atoms with van der Waals surface area (Å²) in [5, 5.41) is 11.9. The average Bonchev–Trinajstić information content (AvgIpc) is 3.77. The van der Waals surface area contributed by atoms with Gasteiger partial charge < -0.3 is 8.83 Å². The molecule has 4 aromatic heterocycles. The summed E-state index contributed by atoms with van der Waals surface area (Å²) in [4.78, 5) is 2.57. The first-order chi connectivity index (χ1) is 19.8. The number of furan rings is 2. The molecule has 0 unspecified atom stereocenters. The lowest BCUT2D eigenvalue weighted by molar-refractivity contribution is 0.633. The van der Waals surface area contributed by atoms with Gasteiger partial charge in [0.25, 0.3) is 0 Å². The molecule has 40 heavy (non-hydrogen) atoms. The molecular weight excluding hydrogens is 529 g/mol. The predicted octanol–water partition coefficient (Wildman–Crippen LogP) is 12.6. The third-order valence-corrected chi connectivity index (χ3v) is 10.4. The predicted molar refractivity (Wildman–Crippen MR) is 175 cm³/mol. The number of hydrogen-bond acceptors (Lipinski definition) is 4. The maximum atomic E-state index is 6.77. The van der Waals surface area contributed by atoms with E-state index in [4.69, 9.17) is 8.83 Å². The molecular formula is C36H36O2S2. The quantitative estimate of drug-likeness (QED) is 0.109. The molecule has 0 atom stereocenters.